The summed E-state index contributed by atoms with van der Waals surface area (Å²) in [6.07, 6.45) is -0.841. The number of nitrogens with two attached hydrogens (primary N) is 1. The van der Waals surface area contributed by atoms with E-state index in [9.17, 15) is 27.6 Å². The minimum Gasteiger partial charge on any atom is -0.478 e. The molecule has 0 aliphatic carbocycles. The SMILES string of the molecule is Nc1c(C(=O)O)ccc(C(=O)CI)c1N1C(=O)CC(S(=O)(=O)O)C1=O. The molecule has 4 N–H and O–H groups in total. The number of carboxylic acids is 1. The molecule has 0 spiro atoms. The van der Waals surface area contributed by atoms with Gasteiger partial charge in [-0.15, -0.1) is 0 Å². The average molecular weight is 482 g/mol. The van der Waals surface area contributed by atoms with Crippen molar-refractivity contribution in [2.24, 2.45) is 0 Å². The van der Waals surface area contributed by atoms with Gasteiger partial charge < -0.3 is 10.8 Å². The highest BCUT2D eigenvalue weighted by atomic mass is 127. The highest BCUT2D eigenvalue weighted by Crippen LogP contribution is 2.36. The molecule has 1 atom stereocenters. The number of benzene rings is 1. The third-order valence-corrected chi connectivity index (χ3v) is 5.34. The largest absolute Gasteiger partial charge is 0.478 e. The molecular formula is C13H11IN2O8S. The van der Waals surface area contributed by atoms with Crippen LogP contribution in [0.5, 0.6) is 0 Å². The van der Waals surface area contributed by atoms with E-state index >= 15 is 0 Å². The van der Waals surface area contributed by atoms with Gasteiger partial charge in [-0.05, 0) is 12.1 Å². The maximum Gasteiger partial charge on any atom is 0.337 e. The molecule has 1 saturated heterocycles. The van der Waals surface area contributed by atoms with Gasteiger partial charge in [-0.3, -0.25) is 18.9 Å². The summed E-state index contributed by atoms with van der Waals surface area (Å²) in [4.78, 5) is 48.1. The van der Waals surface area contributed by atoms with E-state index in [-0.39, 0.29) is 9.99 Å². The zero-order valence-electron chi connectivity index (χ0n) is 12.3. The number of hydrogen-bond acceptors (Lipinski definition) is 7. The van der Waals surface area contributed by atoms with Gasteiger partial charge in [0, 0.05) is 5.56 Å². The van der Waals surface area contributed by atoms with Crippen molar-refractivity contribution in [2.45, 2.75) is 11.7 Å². The smallest absolute Gasteiger partial charge is 0.337 e. The lowest BCUT2D eigenvalue weighted by molar-refractivity contribution is -0.121. The summed E-state index contributed by atoms with van der Waals surface area (Å²) in [6, 6.07) is 2.14. The first-order valence-corrected chi connectivity index (χ1v) is 9.61. The normalized spacial score (nSPS) is 17.8. The fraction of sp³-hybridized carbons (Fsp3) is 0.231. The minimum absolute atomic E-state index is 0.0609. The first kappa shape index (κ1) is 19.3. The summed E-state index contributed by atoms with van der Waals surface area (Å²) < 4.78 is 31.6. The van der Waals surface area contributed by atoms with Gasteiger partial charge in [-0.1, -0.05) is 22.6 Å². The number of Topliss-reactive ketones (excluding diaryl/α,β-unsaturated/α-hetero) is 1. The number of carbonyl (C=O) groups is 4. The van der Waals surface area contributed by atoms with Crippen LogP contribution in [0.1, 0.15) is 27.1 Å². The first-order valence-electron chi connectivity index (χ1n) is 6.58. The van der Waals surface area contributed by atoms with E-state index in [4.69, 9.17) is 15.4 Å². The number of aromatic carboxylic acids is 1. The zero-order chi connectivity index (χ0) is 19.1. The van der Waals surface area contributed by atoms with E-state index in [0.717, 1.165) is 12.1 Å². The van der Waals surface area contributed by atoms with Crippen LogP contribution in [-0.4, -0.2) is 51.3 Å². The highest BCUT2D eigenvalue weighted by molar-refractivity contribution is 14.1. The van der Waals surface area contributed by atoms with Crippen LogP contribution in [0, 0.1) is 0 Å². The summed E-state index contributed by atoms with van der Waals surface area (Å²) in [6.45, 7) is 0. The Morgan fingerprint density at radius 1 is 1.28 bits per heavy atom. The van der Waals surface area contributed by atoms with Crippen LogP contribution in [0.2, 0.25) is 0 Å². The number of ketones is 1. The number of anilines is 2. The molecule has 1 unspecified atom stereocenters. The number of imide groups is 1. The summed E-state index contributed by atoms with van der Waals surface area (Å²) in [7, 11) is -4.86. The number of carbonyl (C=O) groups excluding carboxylic acids is 3. The second-order valence-corrected chi connectivity index (χ2v) is 7.42. The number of amides is 2. The Morgan fingerprint density at radius 2 is 1.84 bits per heavy atom. The van der Waals surface area contributed by atoms with Gasteiger partial charge >= 0.3 is 5.97 Å². The van der Waals surface area contributed by atoms with E-state index in [1.54, 1.807) is 22.6 Å². The maximum atomic E-state index is 12.3. The second-order valence-electron chi connectivity index (χ2n) is 5.06. The van der Waals surface area contributed by atoms with E-state index in [0.29, 0.717) is 4.90 Å². The van der Waals surface area contributed by atoms with Gasteiger partial charge in [-0.25, -0.2) is 9.69 Å². The molecule has 2 amide bonds. The Morgan fingerprint density at radius 3 is 2.28 bits per heavy atom. The van der Waals surface area contributed by atoms with Gasteiger partial charge in [0.2, 0.25) is 5.91 Å². The number of rotatable bonds is 5. The lowest BCUT2D eigenvalue weighted by Crippen LogP contribution is -2.36. The van der Waals surface area contributed by atoms with Gasteiger partial charge in [0.1, 0.15) is 0 Å². The molecule has 1 aliphatic rings. The fourth-order valence-corrected chi connectivity index (χ4v) is 3.53. The predicted molar refractivity (Wildman–Crippen MR) is 93.5 cm³/mol. The van der Waals surface area contributed by atoms with E-state index in [1.807, 2.05) is 0 Å². The third kappa shape index (κ3) is 3.36. The van der Waals surface area contributed by atoms with Crippen LogP contribution in [-0.2, 0) is 19.7 Å². The Labute approximate surface area is 154 Å². The molecule has 1 fully saturated rings. The van der Waals surface area contributed by atoms with Crippen molar-refractivity contribution in [3.63, 3.8) is 0 Å². The molecule has 1 aromatic rings. The number of halogens is 1. The molecule has 12 heteroatoms. The monoisotopic (exact) mass is 482 g/mol. The van der Waals surface area contributed by atoms with Crippen LogP contribution in [0.4, 0.5) is 11.4 Å². The summed E-state index contributed by atoms with van der Waals surface area (Å²) in [5.74, 6) is -4.33. The number of carboxylic acid groups (broad SMARTS) is 1. The van der Waals surface area contributed by atoms with Crippen molar-refractivity contribution in [3.05, 3.63) is 23.3 Å². The lowest BCUT2D eigenvalue weighted by Gasteiger charge is -2.21. The number of hydrogen-bond donors (Lipinski definition) is 3. The number of nitrogens with zero attached hydrogens (tertiary/aromatic N) is 1. The molecule has 0 bridgehead atoms. The second kappa shape index (κ2) is 6.68. The van der Waals surface area contributed by atoms with Crippen molar-refractivity contribution in [2.75, 3.05) is 15.1 Å². The molecule has 1 heterocycles. The zero-order valence-corrected chi connectivity index (χ0v) is 15.3. The third-order valence-electron chi connectivity index (χ3n) is 3.56. The van der Waals surface area contributed by atoms with Crippen molar-refractivity contribution < 1.29 is 37.3 Å². The lowest BCUT2D eigenvalue weighted by atomic mass is 10.0. The summed E-state index contributed by atoms with van der Waals surface area (Å²) >= 11 is 1.73. The Bertz CT molecular complexity index is 911. The van der Waals surface area contributed by atoms with E-state index in [1.165, 1.54) is 0 Å². The molecule has 0 saturated carbocycles. The maximum absolute atomic E-state index is 12.3. The fourth-order valence-electron chi connectivity index (χ4n) is 2.40. The quantitative estimate of drug-likeness (QED) is 0.131. The molecule has 0 radical (unpaired) electrons. The number of nitrogen functional groups attached to an aromatic ring is 1. The summed E-state index contributed by atoms with van der Waals surface area (Å²) in [5.41, 5.74) is 4.07. The van der Waals surface area contributed by atoms with Crippen molar-refractivity contribution >= 4 is 67.7 Å². The van der Waals surface area contributed by atoms with Crippen molar-refractivity contribution in [1.29, 1.82) is 0 Å². The van der Waals surface area contributed by atoms with Gasteiger partial charge in [0.25, 0.3) is 16.0 Å². The molecule has 1 aromatic carbocycles. The van der Waals surface area contributed by atoms with Gasteiger partial charge in [-0.2, -0.15) is 8.42 Å². The number of alkyl halides is 1. The Balaban J connectivity index is 2.74. The van der Waals surface area contributed by atoms with E-state index in [2.05, 4.69) is 0 Å². The topological polar surface area (TPSA) is 172 Å². The minimum atomic E-state index is -4.86. The molecular weight excluding hydrogens is 471 g/mol. The van der Waals surface area contributed by atoms with Gasteiger partial charge in [0.05, 0.1) is 27.8 Å². The predicted octanol–water partition coefficient (Wildman–Crippen LogP) is 0.104. The van der Waals surface area contributed by atoms with Crippen LogP contribution >= 0.6 is 22.6 Å². The van der Waals surface area contributed by atoms with Crippen LogP contribution in [0.25, 0.3) is 0 Å². The van der Waals surface area contributed by atoms with Crippen molar-refractivity contribution in [1.82, 2.24) is 0 Å². The average Bonchev–Trinajstić information content (AvgIpc) is 2.81. The first-order chi connectivity index (χ1) is 11.5. The summed E-state index contributed by atoms with van der Waals surface area (Å²) in [5, 5.41) is 7.11. The van der Waals surface area contributed by atoms with Crippen molar-refractivity contribution in [3.8, 4) is 0 Å². The standard InChI is InChI=1S/C13H11IN2O8S/c14-4-7(17)5-1-2-6(13(20)21)10(15)11(5)16-9(18)3-8(12(16)19)25(22,23)24/h1-2,8H,3-4,15H2,(H,20,21)(H,22,23,24). The molecule has 2 rings (SSSR count). The molecule has 25 heavy (non-hydrogen) atoms. The Hall–Kier alpha value is -2.06. The Kier molecular flexibility index (Phi) is 5.15. The molecule has 134 valence electrons. The molecule has 1 aliphatic heterocycles. The van der Waals surface area contributed by atoms with Crippen LogP contribution in [0.15, 0.2) is 12.1 Å². The highest BCUT2D eigenvalue weighted by Gasteiger charge is 2.48. The van der Waals surface area contributed by atoms with Crippen LogP contribution < -0.4 is 10.6 Å². The van der Waals surface area contributed by atoms with Gasteiger partial charge in [0.15, 0.2) is 11.0 Å². The van der Waals surface area contributed by atoms with E-state index < -0.39 is 62.3 Å². The molecule has 10 nitrogen and oxygen atoms in total. The van der Waals surface area contributed by atoms with Crippen LogP contribution in [0.3, 0.4) is 0 Å². The molecule has 0 aromatic heterocycles.